The summed E-state index contributed by atoms with van der Waals surface area (Å²) in [6.45, 7) is 1.44. The molecule has 0 radical (unpaired) electrons. The molecule has 3 aromatic carbocycles. The second-order valence-electron chi connectivity index (χ2n) is 9.59. The van der Waals surface area contributed by atoms with Gasteiger partial charge in [0.15, 0.2) is 0 Å². The number of aryl methyl sites for hydroxylation is 1. The number of piperidine rings is 1. The molecule has 7 nitrogen and oxygen atoms in total. The number of hydrogen-bond acceptors (Lipinski definition) is 5. The number of methoxy groups -OCH3 is 2. The van der Waals surface area contributed by atoms with Crippen molar-refractivity contribution in [1.82, 2.24) is 4.90 Å². The van der Waals surface area contributed by atoms with E-state index in [1.807, 2.05) is 59.5 Å². The number of amides is 2. The van der Waals surface area contributed by atoms with Crippen molar-refractivity contribution in [2.24, 2.45) is 0 Å². The second kappa shape index (κ2) is 11.4. The van der Waals surface area contributed by atoms with E-state index in [1.54, 1.807) is 20.5 Å². The Balaban J connectivity index is 1.11. The lowest BCUT2D eigenvalue weighted by Gasteiger charge is -2.32. The van der Waals surface area contributed by atoms with E-state index in [2.05, 4.69) is 17.4 Å². The molecule has 1 fully saturated rings. The number of carbonyl (C=O) groups excluding carboxylic acids is 2. The summed E-state index contributed by atoms with van der Waals surface area (Å²) in [5.74, 6) is 1.85. The Morgan fingerprint density at radius 2 is 1.74 bits per heavy atom. The Kier molecular flexibility index (Phi) is 7.63. The van der Waals surface area contributed by atoms with Crippen LogP contribution in [-0.4, -0.2) is 44.0 Å². The van der Waals surface area contributed by atoms with E-state index in [0.717, 1.165) is 53.9 Å². The van der Waals surface area contributed by atoms with Crippen LogP contribution in [0.25, 0.3) is 11.0 Å². The molecule has 0 aliphatic carbocycles. The Morgan fingerprint density at radius 3 is 2.47 bits per heavy atom. The van der Waals surface area contributed by atoms with E-state index in [0.29, 0.717) is 30.1 Å². The van der Waals surface area contributed by atoms with Crippen molar-refractivity contribution in [2.45, 2.75) is 31.6 Å². The second-order valence-corrected chi connectivity index (χ2v) is 9.59. The van der Waals surface area contributed by atoms with Crippen LogP contribution in [0, 0.1) is 0 Å². The van der Waals surface area contributed by atoms with Gasteiger partial charge < -0.3 is 24.1 Å². The van der Waals surface area contributed by atoms with Crippen molar-refractivity contribution in [3.8, 4) is 11.5 Å². The van der Waals surface area contributed by atoms with Gasteiger partial charge in [-0.3, -0.25) is 9.59 Å². The number of anilines is 1. The topological polar surface area (TPSA) is 81.0 Å². The molecular formula is C31H32N2O5. The summed E-state index contributed by atoms with van der Waals surface area (Å²) in [6.07, 6.45) is 4.39. The van der Waals surface area contributed by atoms with Crippen molar-refractivity contribution in [1.29, 1.82) is 0 Å². The average molecular weight is 513 g/mol. The van der Waals surface area contributed by atoms with Crippen LogP contribution in [0.15, 0.2) is 77.4 Å². The summed E-state index contributed by atoms with van der Waals surface area (Å²) in [5, 5.41) is 3.93. The van der Waals surface area contributed by atoms with E-state index >= 15 is 0 Å². The van der Waals surface area contributed by atoms with Crippen LogP contribution in [-0.2, 0) is 11.2 Å². The molecule has 5 rings (SSSR count). The molecule has 2 heterocycles. The first kappa shape index (κ1) is 25.4. The molecule has 4 aromatic rings. The molecule has 7 heteroatoms. The van der Waals surface area contributed by atoms with Crippen LogP contribution in [0.3, 0.4) is 0 Å². The highest BCUT2D eigenvalue weighted by atomic mass is 16.5. The van der Waals surface area contributed by atoms with Gasteiger partial charge in [-0.25, -0.2) is 0 Å². The number of nitrogens with one attached hydrogen (secondary N) is 1. The molecule has 1 saturated heterocycles. The maximum Gasteiger partial charge on any atom is 0.253 e. The Labute approximate surface area is 222 Å². The minimum absolute atomic E-state index is 0.0453. The molecule has 2 amide bonds. The summed E-state index contributed by atoms with van der Waals surface area (Å²) >= 11 is 0. The number of furan rings is 1. The first-order valence-corrected chi connectivity index (χ1v) is 12.9. The Morgan fingerprint density at radius 1 is 0.947 bits per heavy atom. The van der Waals surface area contributed by atoms with Crippen LogP contribution in [0.2, 0.25) is 0 Å². The van der Waals surface area contributed by atoms with Crippen molar-refractivity contribution in [3.05, 3.63) is 89.7 Å². The summed E-state index contributed by atoms with van der Waals surface area (Å²) < 4.78 is 16.0. The highest BCUT2D eigenvalue weighted by Gasteiger charge is 2.25. The SMILES string of the molecule is COc1ccc(CCC(=O)Nc2ccc(C3CCN(C(=O)c4ccc5occc5c4)CC3)cc2)c(OC)c1. The lowest BCUT2D eigenvalue weighted by Crippen LogP contribution is -2.37. The molecule has 0 spiro atoms. The fraction of sp³-hybridized carbons (Fsp3) is 0.290. The fourth-order valence-electron chi connectivity index (χ4n) is 5.07. The molecule has 38 heavy (non-hydrogen) atoms. The zero-order valence-corrected chi connectivity index (χ0v) is 21.7. The molecule has 0 bridgehead atoms. The zero-order valence-electron chi connectivity index (χ0n) is 21.7. The number of nitrogens with zero attached hydrogens (tertiary/aromatic N) is 1. The first-order valence-electron chi connectivity index (χ1n) is 12.9. The van der Waals surface area contributed by atoms with Crippen LogP contribution < -0.4 is 14.8 Å². The van der Waals surface area contributed by atoms with Crippen molar-refractivity contribution in [2.75, 3.05) is 32.6 Å². The Hall–Kier alpha value is -4.26. The molecule has 1 N–H and O–H groups in total. The van der Waals surface area contributed by atoms with Crippen molar-refractivity contribution >= 4 is 28.5 Å². The minimum Gasteiger partial charge on any atom is -0.497 e. The molecule has 1 aliphatic rings. The van der Waals surface area contributed by atoms with Gasteiger partial charge in [-0.15, -0.1) is 0 Å². The van der Waals surface area contributed by atoms with E-state index in [-0.39, 0.29) is 11.8 Å². The predicted molar refractivity (Wildman–Crippen MR) is 147 cm³/mol. The smallest absolute Gasteiger partial charge is 0.253 e. The van der Waals surface area contributed by atoms with Crippen LogP contribution in [0.5, 0.6) is 11.5 Å². The number of rotatable bonds is 8. The van der Waals surface area contributed by atoms with Crippen molar-refractivity contribution < 1.29 is 23.5 Å². The summed E-state index contributed by atoms with van der Waals surface area (Å²) in [7, 11) is 3.23. The molecular weight excluding hydrogens is 480 g/mol. The fourth-order valence-corrected chi connectivity index (χ4v) is 5.07. The van der Waals surface area contributed by atoms with Gasteiger partial charge >= 0.3 is 0 Å². The van der Waals surface area contributed by atoms with Crippen LogP contribution in [0.4, 0.5) is 5.69 Å². The largest absolute Gasteiger partial charge is 0.497 e. The number of hydrogen-bond donors (Lipinski definition) is 1. The number of benzene rings is 3. The predicted octanol–water partition coefficient (Wildman–Crippen LogP) is 6.04. The van der Waals surface area contributed by atoms with Crippen molar-refractivity contribution in [3.63, 3.8) is 0 Å². The highest BCUT2D eigenvalue weighted by Crippen LogP contribution is 2.30. The van der Waals surface area contributed by atoms with Gasteiger partial charge in [0.25, 0.3) is 5.91 Å². The van der Waals surface area contributed by atoms with Gasteiger partial charge in [0.2, 0.25) is 5.91 Å². The van der Waals surface area contributed by atoms with Gasteiger partial charge in [-0.1, -0.05) is 18.2 Å². The maximum absolute atomic E-state index is 13.0. The quantitative estimate of drug-likeness (QED) is 0.311. The van der Waals surface area contributed by atoms with E-state index in [1.165, 1.54) is 5.56 Å². The van der Waals surface area contributed by atoms with Crippen LogP contribution >= 0.6 is 0 Å². The number of ether oxygens (including phenoxy) is 2. The molecule has 196 valence electrons. The highest BCUT2D eigenvalue weighted by molar-refractivity contribution is 5.97. The van der Waals surface area contributed by atoms with E-state index in [4.69, 9.17) is 13.9 Å². The molecule has 0 saturated carbocycles. The summed E-state index contributed by atoms with van der Waals surface area (Å²) in [6, 6.07) is 21.2. The molecule has 1 aliphatic heterocycles. The van der Waals surface area contributed by atoms with Gasteiger partial charge in [0.05, 0.1) is 20.5 Å². The first-order chi connectivity index (χ1) is 18.5. The van der Waals surface area contributed by atoms with Gasteiger partial charge in [-0.2, -0.15) is 0 Å². The summed E-state index contributed by atoms with van der Waals surface area (Å²) in [5.41, 5.74) is 4.46. The van der Waals surface area contributed by atoms with E-state index < -0.39 is 0 Å². The van der Waals surface area contributed by atoms with Gasteiger partial charge in [0, 0.05) is 42.2 Å². The summed E-state index contributed by atoms with van der Waals surface area (Å²) in [4.78, 5) is 27.5. The third-order valence-electron chi connectivity index (χ3n) is 7.26. The number of likely N-dealkylation sites (tertiary alicyclic amines) is 1. The minimum atomic E-state index is -0.0453. The lowest BCUT2D eigenvalue weighted by atomic mass is 9.89. The van der Waals surface area contributed by atoms with Gasteiger partial charge in [0.1, 0.15) is 17.1 Å². The molecule has 0 atom stereocenters. The number of carbonyl (C=O) groups is 2. The normalized spacial score (nSPS) is 13.9. The maximum atomic E-state index is 13.0. The third kappa shape index (κ3) is 5.67. The molecule has 1 aromatic heterocycles. The van der Waals surface area contributed by atoms with Crippen LogP contribution in [0.1, 0.15) is 46.7 Å². The van der Waals surface area contributed by atoms with Gasteiger partial charge in [-0.05, 0) is 78.8 Å². The monoisotopic (exact) mass is 512 g/mol. The lowest BCUT2D eigenvalue weighted by molar-refractivity contribution is -0.116. The third-order valence-corrected chi connectivity index (χ3v) is 7.26. The van der Waals surface area contributed by atoms with E-state index in [9.17, 15) is 9.59 Å². The number of fused-ring (bicyclic) bond motifs is 1. The zero-order chi connectivity index (χ0) is 26.5. The standard InChI is InChI=1S/C31H32N2O5/c1-36-27-10-5-23(29(20-27)37-2)7-12-30(34)32-26-8-3-21(4-9-26)22-13-16-33(17-14-22)31(35)25-6-11-28-24(19-25)15-18-38-28/h3-6,8-11,15,18-20,22H,7,12-14,16-17H2,1-2H3,(H,32,34). The Bertz CT molecular complexity index is 1420. The average Bonchev–Trinajstić information content (AvgIpc) is 3.44. The molecule has 0 unspecified atom stereocenters.